The van der Waals surface area contributed by atoms with Crippen LogP contribution in [0.3, 0.4) is 0 Å². The van der Waals surface area contributed by atoms with Crippen molar-refractivity contribution >= 4 is 52.2 Å². The summed E-state index contributed by atoms with van der Waals surface area (Å²) >= 11 is 13.0. The zero-order valence-electron chi connectivity index (χ0n) is 17.3. The van der Waals surface area contributed by atoms with Gasteiger partial charge in [0.2, 0.25) is 0 Å². The lowest BCUT2D eigenvalue weighted by Gasteiger charge is -2.14. The van der Waals surface area contributed by atoms with Crippen LogP contribution in [0.1, 0.15) is 37.8 Å². The molecule has 0 spiro atoms. The first-order valence-corrected chi connectivity index (χ1v) is 11.6. The van der Waals surface area contributed by atoms with Crippen molar-refractivity contribution in [3.63, 3.8) is 0 Å². The van der Waals surface area contributed by atoms with Crippen molar-refractivity contribution in [2.45, 2.75) is 33.2 Å². The van der Waals surface area contributed by atoms with Gasteiger partial charge in [-0.1, -0.05) is 48.7 Å². The van der Waals surface area contributed by atoms with Gasteiger partial charge in [-0.05, 0) is 66.6 Å². The lowest BCUT2D eigenvalue weighted by molar-refractivity contribution is -0.123. The molecule has 1 heterocycles. The Morgan fingerprint density at radius 2 is 1.84 bits per heavy atom. The summed E-state index contributed by atoms with van der Waals surface area (Å²) in [4.78, 5) is 26.8. The molecule has 0 N–H and O–H groups in total. The molecule has 8 heteroatoms. The predicted molar refractivity (Wildman–Crippen MR) is 126 cm³/mol. The topological polar surface area (TPSA) is 55.8 Å². The molecule has 2 aromatic rings. The Bertz CT molecular complexity index is 1010. The Hall–Kier alpha value is -2.15. The average Bonchev–Trinajstić information content (AvgIpc) is 2.99. The fourth-order valence-corrected chi connectivity index (χ4v) is 4.24. The van der Waals surface area contributed by atoms with Crippen LogP contribution in [0.5, 0.6) is 11.5 Å². The minimum Gasteiger partial charge on any atom is -0.490 e. The molecule has 5 nitrogen and oxygen atoms in total. The van der Waals surface area contributed by atoms with Crippen LogP contribution in [0.15, 0.2) is 41.3 Å². The standard InChI is InChI=1S/C23H23Cl2NO4S/c1-3-5-10-30-19-9-6-15(11-20(19)29-4-2)12-21-22(27)26(23(28)31-21)14-16-7-8-17(24)13-18(16)25/h6-9,11-13H,3-5,10,14H2,1-2H3/b21-12-. The molecule has 0 aliphatic carbocycles. The summed E-state index contributed by atoms with van der Waals surface area (Å²) in [5.41, 5.74) is 1.41. The third-order valence-electron chi connectivity index (χ3n) is 4.54. The summed E-state index contributed by atoms with van der Waals surface area (Å²) in [5.74, 6) is 0.916. The highest BCUT2D eigenvalue weighted by atomic mass is 35.5. The molecule has 3 rings (SSSR count). The maximum absolute atomic E-state index is 12.8. The molecule has 1 aliphatic rings. The molecule has 1 saturated heterocycles. The van der Waals surface area contributed by atoms with Crippen molar-refractivity contribution in [1.29, 1.82) is 0 Å². The fourth-order valence-electron chi connectivity index (χ4n) is 2.94. The summed E-state index contributed by atoms with van der Waals surface area (Å²) in [7, 11) is 0. The molecular formula is C23H23Cl2NO4S. The number of halogens is 2. The van der Waals surface area contributed by atoms with E-state index < -0.39 is 0 Å². The molecule has 1 aliphatic heterocycles. The van der Waals surface area contributed by atoms with E-state index >= 15 is 0 Å². The van der Waals surface area contributed by atoms with Crippen molar-refractivity contribution in [2.75, 3.05) is 13.2 Å². The van der Waals surface area contributed by atoms with Crippen LogP contribution in [0.4, 0.5) is 4.79 Å². The summed E-state index contributed by atoms with van der Waals surface area (Å²) in [6.45, 7) is 5.19. The van der Waals surface area contributed by atoms with Gasteiger partial charge in [-0.25, -0.2) is 0 Å². The molecule has 0 unspecified atom stereocenters. The van der Waals surface area contributed by atoms with Gasteiger partial charge in [-0.3, -0.25) is 14.5 Å². The average molecular weight is 480 g/mol. The van der Waals surface area contributed by atoms with Crippen molar-refractivity contribution < 1.29 is 19.1 Å². The van der Waals surface area contributed by atoms with Gasteiger partial charge in [0.25, 0.3) is 11.1 Å². The number of imide groups is 1. The van der Waals surface area contributed by atoms with Crippen molar-refractivity contribution in [3.8, 4) is 11.5 Å². The molecule has 0 bridgehead atoms. The quantitative estimate of drug-likeness (QED) is 0.292. The Labute approximate surface area is 196 Å². The van der Waals surface area contributed by atoms with Crippen LogP contribution in [0.25, 0.3) is 6.08 Å². The second-order valence-electron chi connectivity index (χ2n) is 6.84. The first-order chi connectivity index (χ1) is 14.9. The molecule has 1 fully saturated rings. The van der Waals surface area contributed by atoms with Gasteiger partial charge in [0.1, 0.15) is 0 Å². The van der Waals surface area contributed by atoms with Gasteiger partial charge >= 0.3 is 0 Å². The van der Waals surface area contributed by atoms with E-state index in [-0.39, 0.29) is 17.7 Å². The number of thioether (sulfide) groups is 1. The minimum absolute atomic E-state index is 0.0897. The summed E-state index contributed by atoms with van der Waals surface area (Å²) < 4.78 is 11.5. The Kier molecular flexibility index (Phi) is 8.29. The monoisotopic (exact) mass is 479 g/mol. The third-order valence-corrected chi connectivity index (χ3v) is 6.03. The summed E-state index contributed by atoms with van der Waals surface area (Å²) in [6.07, 6.45) is 3.68. The molecule has 2 aromatic carbocycles. The molecule has 0 saturated carbocycles. The first-order valence-electron chi connectivity index (χ1n) is 10.0. The van der Waals surface area contributed by atoms with E-state index in [0.29, 0.717) is 45.2 Å². The molecule has 0 aromatic heterocycles. The number of nitrogens with zero attached hydrogens (tertiary/aromatic N) is 1. The fraction of sp³-hybridized carbons (Fsp3) is 0.304. The van der Waals surface area contributed by atoms with E-state index in [1.165, 1.54) is 4.90 Å². The van der Waals surface area contributed by atoms with Gasteiger partial charge in [0, 0.05) is 10.0 Å². The van der Waals surface area contributed by atoms with Crippen molar-refractivity contribution in [1.82, 2.24) is 4.90 Å². The lowest BCUT2D eigenvalue weighted by Crippen LogP contribution is -2.27. The lowest BCUT2D eigenvalue weighted by atomic mass is 10.1. The van der Waals surface area contributed by atoms with E-state index in [1.54, 1.807) is 24.3 Å². The van der Waals surface area contributed by atoms with Gasteiger partial charge in [0.05, 0.1) is 24.7 Å². The normalized spacial score (nSPS) is 15.1. The van der Waals surface area contributed by atoms with E-state index in [1.807, 2.05) is 25.1 Å². The molecular weight excluding hydrogens is 457 g/mol. The number of ether oxygens (including phenoxy) is 2. The van der Waals surface area contributed by atoms with Crippen LogP contribution in [0, 0.1) is 0 Å². The van der Waals surface area contributed by atoms with Gasteiger partial charge in [-0.2, -0.15) is 0 Å². The van der Waals surface area contributed by atoms with Crippen molar-refractivity contribution in [2.24, 2.45) is 0 Å². The molecule has 31 heavy (non-hydrogen) atoms. The van der Waals surface area contributed by atoms with Gasteiger partial charge < -0.3 is 9.47 Å². The van der Waals surface area contributed by atoms with E-state index in [9.17, 15) is 9.59 Å². The van der Waals surface area contributed by atoms with E-state index in [0.717, 1.165) is 30.2 Å². The number of carbonyl (C=O) groups excluding carboxylic acids is 2. The van der Waals surface area contributed by atoms with E-state index in [2.05, 4.69) is 6.92 Å². The maximum Gasteiger partial charge on any atom is 0.293 e. The SMILES string of the molecule is CCCCOc1ccc(/C=C2\SC(=O)N(Cc3ccc(Cl)cc3Cl)C2=O)cc1OCC. The zero-order chi connectivity index (χ0) is 22.4. The first kappa shape index (κ1) is 23.5. The Balaban J connectivity index is 1.79. The van der Waals surface area contributed by atoms with Crippen molar-refractivity contribution in [3.05, 3.63) is 62.5 Å². The maximum atomic E-state index is 12.8. The molecule has 164 valence electrons. The van der Waals surface area contributed by atoms with Gasteiger partial charge in [-0.15, -0.1) is 0 Å². The highest BCUT2D eigenvalue weighted by Crippen LogP contribution is 2.36. The highest BCUT2D eigenvalue weighted by molar-refractivity contribution is 8.18. The number of amides is 2. The third kappa shape index (κ3) is 5.97. The second-order valence-corrected chi connectivity index (χ2v) is 8.68. The Morgan fingerprint density at radius 3 is 2.55 bits per heavy atom. The van der Waals surface area contributed by atoms with Crippen LogP contribution in [-0.4, -0.2) is 29.3 Å². The molecule has 0 radical (unpaired) electrons. The second kappa shape index (κ2) is 10.9. The Morgan fingerprint density at radius 1 is 1.03 bits per heavy atom. The van der Waals surface area contributed by atoms with E-state index in [4.69, 9.17) is 32.7 Å². The van der Waals surface area contributed by atoms with Gasteiger partial charge in [0.15, 0.2) is 11.5 Å². The minimum atomic E-state index is -0.359. The van der Waals surface area contributed by atoms with Crippen LogP contribution in [0.2, 0.25) is 10.0 Å². The number of hydrogen-bond acceptors (Lipinski definition) is 5. The van der Waals surface area contributed by atoms with Crippen LogP contribution in [-0.2, 0) is 11.3 Å². The highest BCUT2D eigenvalue weighted by Gasteiger charge is 2.35. The number of unbranched alkanes of at least 4 members (excludes halogenated alkanes) is 1. The number of benzene rings is 2. The van der Waals surface area contributed by atoms with Crippen LogP contribution < -0.4 is 9.47 Å². The molecule has 0 atom stereocenters. The smallest absolute Gasteiger partial charge is 0.293 e. The number of carbonyl (C=O) groups is 2. The summed E-state index contributed by atoms with van der Waals surface area (Å²) in [5, 5.41) is 0.567. The predicted octanol–water partition coefficient (Wildman–Crippen LogP) is 6.81. The number of hydrogen-bond donors (Lipinski definition) is 0. The largest absolute Gasteiger partial charge is 0.490 e. The number of rotatable bonds is 9. The van der Waals surface area contributed by atoms with Crippen LogP contribution >= 0.6 is 35.0 Å². The summed E-state index contributed by atoms with van der Waals surface area (Å²) in [6, 6.07) is 10.5. The molecule has 2 amide bonds. The zero-order valence-corrected chi connectivity index (χ0v) is 19.6.